The Morgan fingerprint density at radius 3 is 2.44 bits per heavy atom. The van der Waals surface area contributed by atoms with Gasteiger partial charge in [-0.15, -0.1) is 0 Å². The second kappa shape index (κ2) is 5.96. The summed E-state index contributed by atoms with van der Waals surface area (Å²) in [6, 6.07) is 6.13. The highest BCUT2D eigenvalue weighted by atomic mass is 32.2. The Kier molecular flexibility index (Phi) is 4.89. The van der Waals surface area contributed by atoms with Crippen LogP contribution in [0.5, 0.6) is 0 Å². The number of benzene rings is 1. The van der Waals surface area contributed by atoms with Crippen LogP contribution in [0.25, 0.3) is 0 Å². The Labute approximate surface area is 95.6 Å². The van der Waals surface area contributed by atoms with Crippen molar-refractivity contribution < 1.29 is 12.8 Å². The van der Waals surface area contributed by atoms with Crippen molar-refractivity contribution in [3.05, 3.63) is 35.6 Å². The van der Waals surface area contributed by atoms with Crippen molar-refractivity contribution in [2.24, 2.45) is 0 Å². The molecule has 5 heteroatoms. The van der Waals surface area contributed by atoms with Gasteiger partial charge in [0.1, 0.15) is 5.82 Å². The minimum Gasteiger partial charge on any atom is -0.312 e. The molecule has 1 aromatic carbocycles. The van der Waals surface area contributed by atoms with E-state index >= 15 is 0 Å². The van der Waals surface area contributed by atoms with Gasteiger partial charge in [0.25, 0.3) is 0 Å². The van der Waals surface area contributed by atoms with E-state index in [-0.39, 0.29) is 17.3 Å². The topological polar surface area (TPSA) is 46.2 Å². The normalized spacial score (nSPS) is 11.6. The molecule has 0 heterocycles. The van der Waals surface area contributed by atoms with Crippen molar-refractivity contribution in [1.29, 1.82) is 0 Å². The lowest BCUT2D eigenvalue weighted by molar-refractivity contribution is 0.591. The van der Waals surface area contributed by atoms with Crippen molar-refractivity contribution in [1.82, 2.24) is 5.32 Å². The van der Waals surface area contributed by atoms with E-state index in [1.54, 1.807) is 19.1 Å². The van der Waals surface area contributed by atoms with Crippen LogP contribution in [0.2, 0.25) is 0 Å². The van der Waals surface area contributed by atoms with Gasteiger partial charge in [0.15, 0.2) is 9.84 Å². The predicted molar refractivity (Wildman–Crippen MR) is 62.4 cm³/mol. The first-order chi connectivity index (χ1) is 7.53. The lowest BCUT2D eigenvalue weighted by Crippen LogP contribution is -2.23. The first-order valence-electron chi connectivity index (χ1n) is 5.19. The molecule has 0 radical (unpaired) electrons. The van der Waals surface area contributed by atoms with E-state index in [0.29, 0.717) is 13.1 Å². The minimum atomic E-state index is -2.90. The zero-order valence-electron chi connectivity index (χ0n) is 9.24. The zero-order chi connectivity index (χ0) is 12.0. The molecule has 0 amide bonds. The fraction of sp³-hybridized carbons (Fsp3) is 0.455. The van der Waals surface area contributed by atoms with Gasteiger partial charge in [-0.25, -0.2) is 12.8 Å². The summed E-state index contributed by atoms with van der Waals surface area (Å²) in [6.45, 7) is 2.61. The van der Waals surface area contributed by atoms with Gasteiger partial charge in [0.2, 0.25) is 0 Å². The molecule has 90 valence electrons. The van der Waals surface area contributed by atoms with Gasteiger partial charge in [-0.3, -0.25) is 0 Å². The van der Waals surface area contributed by atoms with Crippen molar-refractivity contribution in [2.75, 3.05) is 18.1 Å². The first-order valence-corrected chi connectivity index (χ1v) is 7.01. The van der Waals surface area contributed by atoms with E-state index in [1.807, 2.05) is 0 Å². The molecule has 0 aromatic heterocycles. The molecule has 1 N–H and O–H groups in total. The standard InChI is InChI=1S/C11H16FNO2S/c1-2-16(14,15)8-7-13-9-10-3-5-11(12)6-4-10/h3-6,13H,2,7-9H2,1H3. The van der Waals surface area contributed by atoms with Crippen molar-refractivity contribution in [3.63, 3.8) is 0 Å². The maximum absolute atomic E-state index is 12.6. The summed E-state index contributed by atoms with van der Waals surface area (Å²) in [6.07, 6.45) is 0. The Hall–Kier alpha value is -0.940. The number of sulfone groups is 1. The number of hydrogen-bond donors (Lipinski definition) is 1. The molecule has 0 aliphatic rings. The Bertz CT molecular complexity index is 414. The second-order valence-electron chi connectivity index (χ2n) is 3.54. The van der Waals surface area contributed by atoms with E-state index in [0.717, 1.165) is 5.56 Å². The van der Waals surface area contributed by atoms with Crippen molar-refractivity contribution >= 4 is 9.84 Å². The van der Waals surface area contributed by atoms with E-state index in [1.165, 1.54) is 12.1 Å². The summed E-state index contributed by atoms with van der Waals surface area (Å²) in [7, 11) is -2.90. The molecule has 0 bridgehead atoms. The van der Waals surface area contributed by atoms with Crippen LogP contribution in [0.3, 0.4) is 0 Å². The molecular formula is C11H16FNO2S. The van der Waals surface area contributed by atoms with Gasteiger partial charge < -0.3 is 5.32 Å². The number of hydrogen-bond acceptors (Lipinski definition) is 3. The van der Waals surface area contributed by atoms with Crippen molar-refractivity contribution in [2.45, 2.75) is 13.5 Å². The van der Waals surface area contributed by atoms with Crippen LogP contribution >= 0.6 is 0 Å². The van der Waals surface area contributed by atoms with E-state index in [4.69, 9.17) is 0 Å². The Morgan fingerprint density at radius 2 is 1.88 bits per heavy atom. The highest BCUT2D eigenvalue weighted by Crippen LogP contribution is 2.01. The third kappa shape index (κ3) is 4.72. The summed E-state index contributed by atoms with van der Waals surface area (Å²) in [4.78, 5) is 0. The molecule has 0 spiro atoms. The van der Waals surface area contributed by atoms with E-state index in [9.17, 15) is 12.8 Å². The first kappa shape index (κ1) is 13.1. The van der Waals surface area contributed by atoms with E-state index < -0.39 is 9.84 Å². The molecular weight excluding hydrogens is 229 g/mol. The second-order valence-corrected chi connectivity index (χ2v) is 6.01. The van der Waals surface area contributed by atoms with E-state index in [2.05, 4.69) is 5.32 Å². The van der Waals surface area contributed by atoms with Crippen LogP contribution in [0.1, 0.15) is 12.5 Å². The quantitative estimate of drug-likeness (QED) is 0.770. The lowest BCUT2D eigenvalue weighted by Gasteiger charge is -2.04. The molecule has 3 nitrogen and oxygen atoms in total. The number of nitrogens with one attached hydrogen (secondary N) is 1. The summed E-state index contributed by atoms with van der Waals surface area (Å²) < 4.78 is 34.9. The van der Waals surface area contributed by atoms with Crippen LogP contribution in [0.15, 0.2) is 24.3 Å². The van der Waals surface area contributed by atoms with Crippen LogP contribution in [0.4, 0.5) is 4.39 Å². The third-order valence-electron chi connectivity index (χ3n) is 2.27. The molecule has 1 rings (SSSR count). The zero-order valence-corrected chi connectivity index (χ0v) is 10.1. The molecule has 0 aliphatic carbocycles. The molecule has 0 aliphatic heterocycles. The predicted octanol–water partition coefficient (Wildman–Crippen LogP) is 1.35. The van der Waals surface area contributed by atoms with Gasteiger partial charge >= 0.3 is 0 Å². The Morgan fingerprint density at radius 1 is 1.25 bits per heavy atom. The molecule has 1 aromatic rings. The average molecular weight is 245 g/mol. The fourth-order valence-electron chi connectivity index (χ4n) is 1.21. The molecule has 0 saturated carbocycles. The minimum absolute atomic E-state index is 0.144. The fourth-order valence-corrected chi connectivity index (χ4v) is 1.95. The monoisotopic (exact) mass is 245 g/mol. The maximum Gasteiger partial charge on any atom is 0.151 e. The van der Waals surface area contributed by atoms with Gasteiger partial charge in [-0.2, -0.15) is 0 Å². The third-order valence-corrected chi connectivity index (χ3v) is 3.98. The van der Waals surface area contributed by atoms with Gasteiger partial charge in [-0.05, 0) is 17.7 Å². The Balaban J connectivity index is 2.29. The van der Waals surface area contributed by atoms with Crippen LogP contribution < -0.4 is 5.32 Å². The van der Waals surface area contributed by atoms with Crippen molar-refractivity contribution in [3.8, 4) is 0 Å². The highest BCUT2D eigenvalue weighted by molar-refractivity contribution is 7.91. The smallest absolute Gasteiger partial charge is 0.151 e. The number of halogens is 1. The molecule has 16 heavy (non-hydrogen) atoms. The van der Waals surface area contributed by atoms with Gasteiger partial charge in [-0.1, -0.05) is 19.1 Å². The maximum atomic E-state index is 12.6. The summed E-state index contributed by atoms with van der Waals surface area (Å²) >= 11 is 0. The lowest BCUT2D eigenvalue weighted by atomic mass is 10.2. The van der Waals surface area contributed by atoms with Crippen LogP contribution in [-0.2, 0) is 16.4 Å². The van der Waals surface area contributed by atoms with Gasteiger partial charge in [0.05, 0.1) is 5.75 Å². The molecule has 0 saturated heterocycles. The van der Waals surface area contributed by atoms with Crippen LogP contribution in [-0.4, -0.2) is 26.5 Å². The van der Waals surface area contributed by atoms with Gasteiger partial charge in [0, 0.05) is 18.8 Å². The molecule has 0 unspecified atom stereocenters. The summed E-state index contributed by atoms with van der Waals surface area (Å²) in [5, 5.41) is 3.01. The molecule has 0 atom stereocenters. The average Bonchev–Trinajstić information content (AvgIpc) is 2.27. The summed E-state index contributed by atoms with van der Waals surface area (Å²) in [5.74, 6) is 0.0490. The largest absolute Gasteiger partial charge is 0.312 e. The molecule has 0 fully saturated rings. The van der Waals surface area contributed by atoms with Crippen LogP contribution in [0, 0.1) is 5.82 Å². The summed E-state index contributed by atoms with van der Waals surface area (Å²) in [5.41, 5.74) is 0.940. The highest BCUT2D eigenvalue weighted by Gasteiger charge is 2.05. The number of rotatable bonds is 6. The SMILES string of the molecule is CCS(=O)(=O)CCNCc1ccc(F)cc1.